The molecule has 0 aliphatic rings. The van der Waals surface area contributed by atoms with Gasteiger partial charge in [0.1, 0.15) is 0 Å². The number of hydrogen-bond donors (Lipinski definition) is 4. The zero-order chi connectivity index (χ0) is 20.5. The molecule has 0 bridgehead atoms. The number of unbranched alkanes of at least 4 members (excludes halogenated alkanes) is 15. The summed E-state index contributed by atoms with van der Waals surface area (Å²) >= 11 is 6.21. The number of hydrogen-bond acceptors (Lipinski definition) is 2. The first-order valence-corrected chi connectivity index (χ1v) is 11.2. The van der Waals surface area contributed by atoms with Crippen LogP contribution in [0.25, 0.3) is 0 Å². The van der Waals surface area contributed by atoms with Gasteiger partial charge in [0.15, 0.2) is 0 Å². The third kappa shape index (κ3) is 66.3. The van der Waals surface area contributed by atoms with E-state index >= 15 is 0 Å². The molecule has 0 aromatic heterocycles. The Labute approximate surface area is 193 Å². The smallest absolute Gasteiger partial charge is 0.273 e. The van der Waals surface area contributed by atoms with Gasteiger partial charge in [0.25, 0.3) is 10.5 Å². The molecule has 0 rings (SSSR count). The van der Waals surface area contributed by atoms with Gasteiger partial charge in [0, 0.05) is 21.1 Å². The molecule has 0 atom stereocenters. The van der Waals surface area contributed by atoms with Gasteiger partial charge < -0.3 is 11.5 Å². The molecule has 0 aliphatic heterocycles. The van der Waals surface area contributed by atoms with Crippen LogP contribution in [0.4, 0.5) is 9.59 Å². The molecular formula is C20H44MoN2O2S2. The Hall–Kier alpha value is 0.328. The molecule has 0 unspecified atom stereocenters. The van der Waals surface area contributed by atoms with E-state index in [0.29, 0.717) is 0 Å². The summed E-state index contributed by atoms with van der Waals surface area (Å²) in [7, 11) is 0. The molecule has 4 nitrogen and oxygen atoms in total. The van der Waals surface area contributed by atoms with Gasteiger partial charge in [-0.05, 0) is 0 Å². The SMILES string of the molecule is CCCCCCCCCCCCCCCCCC.NC(=O)S.NC(=O)S.[Mo]. The van der Waals surface area contributed by atoms with Crippen molar-refractivity contribution in [3.8, 4) is 0 Å². The summed E-state index contributed by atoms with van der Waals surface area (Å²) in [6, 6.07) is 0. The molecule has 0 aromatic rings. The standard InChI is InChI=1S/C18H38.2CH3NOS.Mo/c1-3-5-7-9-11-13-15-17-18-16-14-12-10-8-6-4-2;2*2-1(3)4;/h3-18H2,1-2H3;2*(H3,2,3,4);. The molecule has 0 fully saturated rings. The van der Waals surface area contributed by atoms with Gasteiger partial charge >= 0.3 is 0 Å². The van der Waals surface area contributed by atoms with Gasteiger partial charge in [-0.25, -0.2) is 0 Å². The Morgan fingerprint density at radius 1 is 0.519 bits per heavy atom. The zero-order valence-corrected chi connectivity index (χ0v) is 21.4. The van der Waals surface area contributed by atoms with Crippen LogP contribution in [-0.4, -0.2) is 10.5 Å². The number of carbonyl (C=O) groups excluding carboxylic acids is 2. The molecule has 2 amide bonds. The molecule has 0 saturated heterocycles. The number of amides is 2. The number of rotatable bonds is 15. The van der Waals surface area contributed by atoms with Crippen LogP contribution < -0.4 is 11.5 Å². The maximum atomic E-state index is 9.09. The molecule has 0 radical (unpaired) electrons. The van der Waals surface area contributed by atoms with Crippen LogP contribution >= 0.6 is 25.3 Å². The Bertz CT molecular complexity index is 261. The van der Waals surface area contributed by atoms with Crippen LogP contribution in [0, 0.1) is 0 Å². The second-order valence-electron chi connectivity index (χ2n) is 6.63. The van der Waals surface area contributed by atoms with E-state index in [2.05, 4.69) is 50.6 Å². The molecule has 0 heterocycles. The fourth-order valence-electron chi connectivity index (χ4n) is 2.62. The monoisotopic (exact) mass is 506 g/mol. The van der Waals surface area contributed by atoms with Gasteiger partial charge in [0.05, 0.1) is 0 Å². The predicted octanol–water partition coefficient (Wildman–Crippen LogP) is 7.26. The molecule has 0 aliphatic carbocycles. The second kappa shape index (κ2) is 33.9. The van der Waals surface area contributed by atoms with Crippen molar-refractivity contribution >= 4 is 35.7 Å². The van der Waals surface area contributed by atoms with Crippen molar-refractivity contribution in [2.24, 2.45) is 11.5 Å². The van der Waals surface area contributed by atoms with E-state index in [9.17, 15) is 0 Å². The van der Waals surface area contributed by atoms with Crippen LogP contribution in [0.1, 0.15) is 117 Å². The largest absolute Gasteiger partial charge is 0.361 e. The minimum absolute atomic E-state index is 0. The van der Waals surface area contributed by atoms with Crippen molar-refractivity contribution in [2.45, 2.75) is 117 Å². The van der Waals surface area contributed by atoms with Crippen LogP contribution in [0.2, 0.25) is 0 Å². The Kier molecular flexibility index (Phi) is 43.7. The number of nitrogens with two attached hydrogens (primary N) is 2. The Morgan fingerprint density at radius 3 is 0.741 bits per heavy atom. The van der Waals surface area contributed by atoms with Crippen molar-refractivity contribution in [1.82, 2.24) is 0 Å². The maximum absolute atomic E-state index is 9.09. The first kappa shape index (κ1) is 34.8. The minimum atomic E-state index is -0.639. The summed E-state index contributed by atoms with van der Waals surface area (Å²) in [6.07, 6.45) is 23.4. The summed E-state index contributed by atoms with van der Waals surface area (Å²) in [4.78, 5) is 18.2. The fraction of sp³-hybridized carbons (Fsp3) is 0.900. The van der Waals surface area contributed by atoms with E-state index in [1.54, 1.807) is 0 Å². The predicted molar refractivity (Wildman–Crippen MR) is 122 cm³/mol. The third-order valence-corrected chi connectivity index (χ3v) is 3.96. The molecule has 0 aromatic carbocycles. The van der Waals surface area contributed by atoms with E-state index in [1.165, 1.54) is 103 Å². The number of carbonyl (C=O) groups is 2. The summed E-state index contributed by atoms with van der Waals surface area (Å²) in [6.45, 7) is 4.59. The van der Waals surface area contributed by atoms with Crippen LogP contribution in [-0.2, 0) is 21.1 Å². The molecule has 27 heavy (non-hydrogen) atoms. The third-order valence-electron chi connectivity index (χ3n) is 3.96. The summed E-state index contributed by atoms with van der Waals surface area (Å²) < 4.78 is 0. The van der Waals surface area contributed by atoms with E-state index in [0.717, 1.165) is 0 Å². The van der Waals surface area contributed by atoms with Crippen molar-refractivity contribution in [3.05, 3.63) is 0 Å². The van der Waals surface area contributed by atoms with Crippen molar-refractivity contribution in [3.63, 3.8) is 0 Å². The molecule has 7 heteroatoms. The normalized spacial score (nSPS) is 9.19. The first-order valence-electron chi connectivity index (χ1n) is 10.3. The van der Waals surface area contributed by atoms with Gasteiger partial charge in [-0.15, -0.1) is 0 Å². The van der Waals surface area contributed by atoms with Crippen molar-refractivity contribution < 1.29 is 30.7 Å². The van der Waals surface area contributed by atoms with Crippen LogP contribution in [0.3, 0.4) is 0 Å². The van der Waals surface area contributed by atoms with Gasteiger partial charge in [-0.1, -0.05) is 142 Å². The molecule has 4 N–H and O–H groups in total. The van der Waals surface area contributed by atoms with Gasteiger partial charge in [-0.3, -0.25) is 9.59 Å². The van der Waals surface area contributed by atoms with Crippen LogP contribution in [0.5, 0.6) is 0 Å². The average molecular weight is 505 g/mol. The molecule has 164 valence electrons. The molecule has 0 saturated carbocycles. The maximum Gasteiger partial charge on any atom is 0.273 e. The minimum Gasteiger partial charge on any atom is -0.361 e. The Morgan fingerprint density at radius 2 is 0.630 bits per heavy atom. The average Bonchev–Trinajstić information content (AvgIpc) is 2.54. The van der Waals surface area contributed by atoms with Crippen molar-refractivity contribution in [1.29, 1.82) is 0 Å². The van der Waals surface area contributed by atoms with Crippen LogP contribution in [0.15, 0.2) is 0 Å². The summed E-state index contributed by atoms with van der Waals surface area (Å²) in [5, 5.41) is -1.28. The van der Waals surface area contributed by atoms with Gasteiger partial charge in [-0.2, -0.15) is 0 Å². The summed E-state index contributed by atoms with van der Waals surface area (Å²) in [5.74, 6) is 0. The quantitative estimate of drug-likeness (QED) is 0.107. The zero-order valence-electron chi connectivity index (χ0n) is 17.6. The fourth-order valence-corrected chi connectivity index (χ4v) is 2.62. The summed E-state index contributed by atoms with van der Waals surface area (Å²) in [5.41, 5.74) is 8.67. The van der Waals surface area contributed by atoms with E-state index in [-0.39, 0.29) is 21.1 Å². The second-order valence-corrected chi connectivity index (χ2v) is 7.51. The number of primary amides is 2. The van der Waals surface area contributed by atoms with E-state index in [1.807, 2.05) is 0 Å². The topological polar surface area (TPSA) is 86.2 Å². The number of thiol groups is 2. The van der Waals surface area contributed by atoms with Gasteiger partial charge in [0.2, 0.25) is 0 Å². The first-order chi connectivity index (χ1) is 12.4. The molecular weight excluding hydrogens is 460 g/mol. The van der Waals surface area contributed by atoms with E-state index in [4.69, 9.17) is 9.59 Å². The molecule has 0 spiro atoms. The van der Waals surface area contributed by atoms with Crippen molar-refractivity contribution in [2.75, 3.05) is 0 Å². The Balaban J connectivity index is -0.000000247. The van der Waals surface area contributed by atoms with E-state index < -0.39 is 10.5 Å².